The van der Waals surface area contributed by atoms with E-state index in [2.05, 4.69) is 0 Å². The monoisotopic (exact) mass is 134 g/mol. The predicted octanol–water partition coefficient (Wildman–Crippen LogP) is -3.66. The zero-order valence-corrected chi connectivity index (χ0v) is 4.61. The van der Waals surface area contributed by atoms with Crippen molar-refractivity contribution in [2.75, 3.05) is 0 Å². The first kappa shape index (κ1) is 11.6. The summed E-state index contributed by atoms with van der Waals surface area (Å²) in [7, 11) is 0. The van der Waals surface area contributed by atoms with Gasteiger partial charge in [-0.3, -0.25) is 0 Å². The van der Waals surface area contributed by atoms with E-state index in [-0.39, 0.29) is 18.9 Å². The summed E-state index contributed by atoms with van der Waals surface area (Å²) in [6, 6.07) is 0. The van der Waals surface area contributed by atoms with Crippen LogP contribution in [0.25, 0.3) is 0 Å². The predicted molar refractivity (Wildman–Crippen MR) is 15.9 cm³/mol. The Balaban J connectivity index is 0. The van der Waals surface area contributed by atoms with E-state index in [1.165, 1.54) is 0 Å². The molecule has 0 saturated heterocycles. The Morgan fingerprint density at radius 1 is 1.33 bits per heavy atom. The molecule has 0 aliphatic carbocycles. The van der Waals surface area contributed by atoms with Crippen molar-refractivity contribution in [3.63, 3.8) is 0 Å². The standard InChI is InChI=1S/C3H3F3O2.Li/c4-1(2(5)6)3(7)8;/h1-2H,(H,7,8);/q;+1/p-1. The molecule has 48 valence electrons. The summed E-state index contributed by atoms with van der Waals surface area (Å²) < 4.78 is 33.0. The maximum absolute atomic E-state index is 11.2. The quantitative estimate of drug-likeness (QED) is 0.365. The zero-order chi connectivity index (χ0) is 6.73. The first-order valence-electron chi connectivity index (χ1n) is 1.68. The number of hydrogen-bond acceptors (Lipinski definition) is 2. The van der Waals surface area contributed by atoms with Crippen LogP contribution in [0.2, 0.25) is 0 Å². The molecule has 0 spiro atoms. The molecule has 0 fully saturated rings. The first-order valence-corrected chi connectivity index (χ1v) is 1.68. The molecule has 0 radical (unpaired) electrons. The normalized spacial score (nSPS) is 12.4. The van der Waals surface area contributed by atoms with E-state index in [1.807, 2.05) is 0 Å². The Bertz CT molecular complexity index is 97.1. The number of halogens is 3. The Kier molecular flexibility index (Phi) is 6.09. The summed E-state index contributed by atoms with van der Waals surface area (Å²) in [5.74, 6) is -2.37. The molecule has 0 N–H and O–H groups in total. The zero-order valence-electron chi connectivity index (χ0n) is 4.61. The Morgan fingerprint density at radius 3 is 1.67 bits per heavy atom. The topological polar surface area (TPSA) is 40.1 Å². The summed E-state index contributed by atoms with van der Waals surface area (Å²) in [4.78, 5) is 9.17. The summed E-state index contributed by atoms with van der Waals surface area (Å²) >= 11 is 0. The van der Waals surface area contributed by atoms with Crippen LogP contribution in [0.4, 0.5) is 13.2 Å². The second-order valence-corrected chi connectivity index (χ2v) is 1.06. The molecule has 0 aliphatic heterocycles. The molecule has 0 bridgehead atoms. The molecule has 0 aromatic heterocycles. The SMILES string of the molecule is O=C([O-])C(F)C(F)F.[Li+]. The Hall–Kier alpha value is -0.143. The van der Waals surface area contributed by atoms with Crippen LogP contribution in [-0.4, -0.2) is 18.6 Å². The van der Waals surface area contributed by atoms with Crippen LogP contribution in [-0.2, 0) is 4.79 Å². The summed E-state index contributed by atoms with van der Waals surface area (Å²) in [6.45, 7) is 0. The number of carbonyl (C=O) groups excluding carboxylic acids is 1. The van der Waals surface area contributed by atoms with Crippen molar-refractivity contribution >= 4 is 5.97 Å². The number of aliphatic carboxylic acids is 1. The van der Waals surface area contributed by atoms with E-state index in [1.54, 1.807) is 0 Å². The molecule has 0 aromatic carbocycles. The maximum Gasteiger partial charge on any atom is 1.00 e. The van der Waals surface area contributed by atoms with E-state index in [0.717, 1.165) is 0 Å². The second-order valence-electron chi connectivity index (χ2n) is 1.06. The third-order valence-electron chi connectivity index (χ3n) is 0.446. The van der Waals surface area contributed by atoms with Gasteiger partial charge < -0.3 is 9.90 Å². The average molecular weight is 134 g/mol. The van der Waals surface area contributed by atoms with Crippen molar-refractivity contribution in [1.29, 1.82) is 0 Å². The van der Waals surface area contributed by atoms with Gasteiger partial charge in [0.05, 0.1) is 5.97 Å². The van der Waals surface area contributed by atoms with E-state index in [9.17, 15) is 23.1 Å². The number of carboxylic acids is 1. The average Bonchev–Trinajstić information content (AvgIpc) is 1.64. The van der Waals surface area contributed by atoms with Gasteiger partial charge in [0.1, 0.15) is 0 Å². The molecular weight excluding hydrogens is 132 g/mol. The van der Waals surface area contributed by atoms with Gasteiger partial charge in [-0.05, 0) is 0 Å². The van der Waals surface area contributed by atoms with Gasteiger partial charge in [0, 0.05) is 0 Å². The number of alkyl halides is 3. The molecule has 0 heterocycles. The number of hydrogen-bond donors (Lipinski definition) is 0. The van der Waals surface area contributed by atoms with Crippen molar-refractivity contribution in [2.24, 2.45) is 0 Å². The van der Waals surface area contributed by atoms with E-state index < -0.39 is 18.6 Å². The summed E-state index contributed by atoms with van der Waals surface area (Å²) in [5, 5.41) is 9.17. The number of carbonyl (C=O) groups is 1. The summed E-state index contributed by atoms with van der Waals surface area (Å²) in [6.07, 6.45) is -6.64. The molecule has 0 saturated carbocycles. The molecule has 1 unspecified atom stereocenters. The van der Waals surface area contributed by atoms with Crippen LogP contribution in [0.5, 0.6) is 0 Å². The smallest absolute Gasteiger partial charge is 0.547 e. The van der Waals surface area contributed by atoms with Gasteiger partial charge in [-0.15, -0.1) is 0 Å². The Morgan fingerprint density at radius 2 is 1.67 bits per heavy atom. The summed E-state index contributed by atoms with van der Waals surface area (Å²) in [5.41, 5.74) is 0. The van der Waals surface area contributed by atoms with E-state index in [4.69, 9.17) is 0 Å². The minimum absolute atomic E-state index is 0. The van der Waals surface area contributed by atoms with Crippen LogP contribution in [0.1, 0.15) is 0 Å². The minimum Gasteiger partial charge on any atom is -0.547 e. The fourth-order valence-corrected chi connectivity index (χ4v) is 0.103. The van der Waals surface area contributed by atoms with E-state index in [0.29, 0.717) is 0 Å². The minimum atomic E-state index is -3.49. The van der Waals surface area contributed by atoms with Gasteiger partial charge in [-0.2, -0.15) is 0 Å². The van der Waals surface area contributed by atoms with Crippen molar-refractivity contribution in [1.82, 2.24) is 0 Å². The van der Waals surface area contributed by atoms with Crippen molar-refractivity contribution < 1.29 is 41.9 Å². The van der Waals surface area contributed by atoms with Crippen molar-refractivity contribution in [3.8, 4) is 0 Å². The first-order chi connectivity index (χ1) is 3.55. The van der Waals surface area contributed by atoms with Gasteiger partial charge in [0.2, 0.25) is 0 Å². The van der Waals surface area contributed by atoms with Crippen molar-refractivity contribution in [2.45, 2.75) is 12.6 Å². The van der Waals surface area contributed by atoms with Gasteiger partial charge in [-0.25, -0.2) is 13.2 Å². The van der Waals surface area contributed by atoms with Crippen molar-refractivity contribution in [3.05, 3.63) is 0 Å². The van der Waals surface area contributed by atoms with E-state index >= 15 is 0 Å². The third kappa shape index (κ3) is 4.37. The van der Waals surface area contributed by atoms with Crippen LogP contribution in [0.15, 0.2) is 0 Å². The fourth-order valence-electron chi connectivity index (χ4n) is 0.103. The van der Waals surface area contributed by atoms with Gasteiger partial charge in [0.15, 0.2) is 6.17 Å². The van der Waals surface area contributed by atoms with Crippen LogP contribution in [0.3, 0.4) is 0 Å². The maximum atomic E-state index is 11.2. The molecule has 0 amide bonds. The Labute approximate surface area is 61.2 Å². The largest absolute Gasteiger partial charge is 1.00 e. The van der Waals surface area contributed by atoms with Gasteiger partial charge >= 0.3 is 18.9 Å². The molecule has 0 aliphatic rings. The third-order valence-corrected chi connectivity index (χ3v) is 0.446. The van der Waals surface area contributed by atoms with Crippen LogP contribution in [0, 0.1) is 0 Å². The van der Waals surface area contributed by atoms with Crippen LogP contribution >= 0.6 is 0 Å². The van der Waals surface area contributed by atoms with Gasteiger partial charge in [-0.1, -0.05) is 0 Å². The number of carboxylic acid groups (broad SMARTS) is 1. The molecule has 0 aromatic rings. The van der Waals surface area contributed by atoms with Crippen LogP contribution < -0.4 is 24.0 Å². The molecule has 2 nitrogen and oxygen atoms in total. The fraction of sp³-hybridized carbons (Fsp3) is 0.667. The molecular formula is C3H2F3LiO2. The van der Waals surface area contributed by atoms with Gasteiger partial charge in [0.25, 0.3) is 6.43 Å². The molecule has 0 rings (SSSR count). The number of rotatable bonds is 2. The molecule has 1 atom stereocenters. The molecule has 6 heteroatoms. The molecule has 9 heavy (non-hydrogen) atoms. The second kappa shape index (κ2) is 4.71.